The average Bonchev–Trinajstić information content (AvgIpc) is 3.42. The van der Waals surface area contributed by atoms with Gasteiger partial charge in [-0.25, -0.2) is 31.9 Å². The number of sulfonamides is 1. The lowest BCUT2D eigenvalue weighted by Crippen LogP contribution is -2.47. The van der Waals surface area contributed by atoms with E-state index in [-0.39, 0.29) is 31.2 Å². The van der Waals surface area contributed by atoms with Gasteiger partial charge in [0.25, 0.3) is 0 Å². The number of nitrogens with zero attached hydrogens (tertiary/aromatic N) is 4. The molecule has 1 atom stereocenters. The van der Waals surface area contributed by atoms with E-state index in [9.17, 15) is 18.0 Å². The molecule has 2 aliphatic rings. The molecule has 0 unspecified atom stereocenters. The van der Waals surface area contributed by atoms with Crippen LogP contribution in [0.25, 0.3) is 5.69 Å². The van der Waals surface area contributed by atoms with Gasteiger partial charge in [0.15, 0.2) is 0 Å². The first-order valence-corrected chi connectivity index (χ1v) is 12.2. The molecule has 0 amide bonds. The van der Waals surface area contributed by atoms with Crippen molar-refractivity contribution < 1.29 is 17.9 Å². The van der Waals surface area contributed by atoms with Gasteiger partial charge < -0.3 is 9.47 Å². The van der Waals surface area contributed by atoms with Crippen LogP contribution in [0.5, 0.6) is 5.75 Å². The third-order valence-electron chi connectivity index (χ3n) is 5.87. The van der Waals surface area contributed by atoms with E-state index in [0.29, 0.717) is 24.5 Å². The fourth-order valence-corrected chi connectivity index (χ4v) is 5.63. The van der Waals surface area contributed by atoms with Gasteiger partial charge >= 0.3 is 11.4 Å². The number of hydrogen-bond acceptors (Lipinski definition) is 6. The standard InChI is InChI=1S/C22H24N4O6S/c27-21-24-11-4-12-25(24)22(28)26(21)17-7-9-20(10-8-17)33(29,30)23-13-14-31-19(15-23)16-32-18-5-2-1-3-6-18/h1-3,5-10,19H,4,11-16H2/t19-/m1/s1. The summed E-state index contributed by atoms with van der Waals surface area (Å²) in [5, 5.41) is 0. The highest BCUT2D eigenvalue weighted by Gasteiger charge is 2.31. The van der Waals surface area contributed by atoms with E-state index in [2.05, 4.69) is 0 Å². The van der Waals surface area contributed by atoms with Crippen molar-refractivity contribution in [2.24, 2.45) is 0 Å². The highest BCUT2D eigenvalue weighted by molar-refractivity contribution is 7.89. The molecule has 1 fully saturated rings. The van der Waals surface area contributed by atoms with Gasteiger partial charge in [0, 0.05) is 26.2 Å². The lowest BCUT2D eigenvalue weighted by atomic mass is 10.3. The summed E-state index contributed by atoms with van der Waals surface area (Å²) in [5.74, 6) is 0.694. The van der Waals surface area contributed by atoms with E-state index in [0.717, 1.165) is 11.0 Å². The minimum Gasteiger partial charge on any atom is -0.491 e. The molecule has 0 radical (unpaired) electrons. The lowest BCUT2D eigenvalue weighted by molar-refractivity contribution is -0.0249. The maximum absolute atomic E-state index is 13.2. The number of benzene rings is 2. The topological polar surface area (TPSA) is 105 Å². The quantitative estimate of drug-likeness (QED) is 0.522. The monoisotopic (exact) mass is 472 g/mol. The molecular weight excluding hydrogens is 448 g/mol. The van der Waals surface area contributed by atoms with Crippen LogP contribution in [0.2, 0.25) is 0 Å². The number of ether oxygens (including phenoxy) is 2. The average molecular weight is 473 g/mol. The zero-order valence-corrected chi connectivity index (χ0v) is 18.7. The Morgan fingerprint density at radius 2 is 1.58 bits per heavy atom. The Labute approximate surface area is 190 Å². The summed E-state index contributed by atoms with van der Waals surface area (Å²) < 4.78 is 43.1. The van der Waals surface area contributed by atoms with Crippen LogP contribution in [-0.4, -0.2) is 59.1 Å². The van der Waals surface area contributed by atoms with Crippen LogP contribution < -0.4 is 16.1 Å². The number of rotatable bonds is 6. The predicted molar refractivity (Wildman–Crippen MR) is 119 cm³/mol. The van der Waals surface area contributed by atoms with Crippen molar-refractivity contribution in [2.45, 2.75) is 30.5 Å². The summed E-state index contributed by atoms with van der Waals surface area (Å²) in [7, 11) is -3.77. The lowest BCUT2D eigenvalue weighted by Gasteiger charge is -2.32. The minimum absolute atomic E-state index is 0.0933. The van der Waals surface area contributed by atoms with Gasteiger partial charge in [-0.2, -0.15) is 4.31 Å². The van der Waals surface area contributed by atoms with E-state index >= 15 is 0 Å². The van der Waals surface area contributed by atoms with Crippen molar-refractivity contribution in [3.8, 4) is 11.4 Å². The van der Waals surface area contributed by atoms with Gasteiger partial charge in [0.1, 0.15) is 18.5 Å². The molecule has 0 saturated carbocycles. The summed E-state index contributed by atoms with van der Waals surface area (Å²) in [6.07, 6.45) is 0.356. The fourth-order valence-electron chi connectivity index (χ4n) is 4.18. The van der Waals surface area contributed by atoms with E-state index in [4.69, 9.17) is 9.47 Å². The normalized spacial score (nSPS) is 18.8. The van der Waals surface area contributed by atoms with Crippen molar-refractivity contribution in [1.82, 2.24) is 18.2 Å². The number of para-hydroxylation sites is 1. The first kappa shape index (κ1) is 21.7. The van der Waals surface area contributed by atoms with E-state index in [1.807, 2.05) is 30.3 Å². The Morgan fingerprint density at radius 3 is 2.24 bits per heavy atom. The van der Waals surface area contributed by atoms with Gasteiger partial charge in [-0.3, -0.25) is 0 Å². The third kappa shape index (κ3) is 4.03. The van der Waals surface area contributed by atoms with Crippen LogP contribution in [0.4, 0.5) is 0 Å². The second-order valence-electron chi connectivity index (χ2n) is 7.97. The molecule has 10 nitrogen and oxygen atoms in total. The van der Waals surface area contributed by atoms with Gasteiger partial charge in [0.05, 0.1) is 17.2 Å². The molecule has 174 valence electrons. The largest absolute Gasteiger partial charge is 0.491 e. The predicted octanol–water partition coefficient (Wildman–Crippen LogP) is 0.673. The SMILES string of the molecule is O=c1n(-c2ccc(S(=O)(=O)N3CCO[C@@H](COc4ccccc4)C3)cc2)c(=O)n2n1CCC2. The molecule has 1 aromatic heterocycles. The van der Waals surface area contributed by atoms with Crippen LogP contribution in [0.1, 0.15) is 6.42 Å². The van der Waals surface area contributed by atoms with E-state index in [1.165, 1.54) is 37.9 Å². The second-order valence-corrected chi connectivity index (χ2v) is 9.91. The number of morpholine rings is 1. The summed E-state index contributed by atoms with van der Waals surface area (Å²) in [4.78, 5) is 25.2. The fraction of sp³-hybridized carbons (Fsp3) is 0.364. The Morgan fingerprint density at radius 1 is 0.909 bits per heavy atom. The molecule has 0 N–H and O–H groups in total. The van der Waals surface area contributed by atoms with E-state index in [1.54, 1.807) is 0 Å². The van der Waals surface area contributed by atoms with E-state index < -0.39 is 27.5 Å². The molecule has 11 heteroatoms. The maximum atomic E-state index is 13.2. The van der Waals surface area contributed by atoms with Gasteiger partial charge in [-0.05, 0) is 42.8 Å². The van der Waals surface area contributed by atoms with Crippen LogP contribution >= 0.6 is 0 Å². The van der Waals surface area contributed by atoms with Crippen molar-refractivity contribution in [3.05, 3.63) is 75.6 Å². The summed E-state index contributed by atoms with van der Waals surface area (Å²) in [6, 6.07) is 15.1. The maximum Gasteiger partial charge on any atom is 0.351 e. The smallest absolute Gasteiger partial charge is 0.351 e. The minimum atomic E-state index is -3.77. The molecule has 3 heterocycles. The first-order chi connectivity index (χ1) is 15.9. The third-order valence-corrected chi connectivity index (χ3v) is 7.75. The van der Waals surface area contributed by atoms with Crippen LogP contribution in [0, 0.1) is 0 Å². The molecular formula is C22H24N4O6S. The molecule has 0 aliphatic carbocycles. The Hall–Kier alpha value is -3.15. The Balaban J connectivity index is 1.32. The van der Waals surface area contributed by atoms with Crippen LogP contribution in [-0.2, 0) is 27.8 Å². The molecule has 3 aromatic rings. The van der Waals surface area contributed by atoms with Crippen molar-refractivity contribution in [2.75, 3.05) is 26.3 Å². The molecule has 33 heavy (non-hydrogen) atoms. The number of fused-ring (bicyclic) bond motifs is 1. The first-order valence-electron chi connectivity index (χ1n) is 10.8. The highest BCUT2D eigenvalue weighted by atomic mass is 32.2. The summed E-state index contributed by atoms with van der Waals surface area (Å²) in [5.41, 5.74) is -0.487. The van der Waals surface area contributed by atoms with Gasteiger partial charge in [0.2, 0.25) is 10.0 Å². The molecule has 1 saturated heterocycles. The van der Waals surface area contributed by atoms with Gasteiger partial charge in [-0.1, -0.05) is 18.2 Å². The van der Waals surface area contributed by atoms with Crippen molar-refractivity contribution in [3.63, 3.8) is 0 Å². The number of aromatic nitrogens is 3. The molecule has 2 aliphatic heterocycles. The zero-order chi connectivity index (χ0) is 23.0. The van der Waals surface area contributed by atoms with Crippen molar-refractivity contribution in [1.29, 1.82) is 0 Å². The zero-order valence-electron chi connectivity index (χ0n) is 17.9. The molecule has 2 aromatic carbocycles. The summed E-state index contributed by atoms with van der Waals surface area (Å²) in [6.45, 7) is 1.91. The molecule has 0 spiro atoms. The molecule has 5 rings (SSSR count). The highest BCUT2D eigenvalue weighted by Crippen LogP contribution is 2.21. The summed E-state index contributed by atoms with van der Waals surface area (Å²) >= 11 is 0. The molecule has 0 bridgehead atoms. The van der Waals surface area contributed by atoms with Crippen LogP contribution in [0.15, 0.2) is 69.1 Å². The second kappa shape index (κ2) is 8.65. The van der Waals surface area contributed by atoms with Gasteiger partial charge in [-0.15, -0.1) is 0 Å². The van der Waals surface area contributed by atoms with Crippen molar-refractivity contribution >= 4 is 10.0 Å². The Bertz CT molecular complexity index is 1320. The van der Waals surface area contributed by atoms with Crippen LogP contribution in [0.3, 0.4) is 0 Å². The number of hydrogen-bond donors (Lipinski definition) is 0. The Kier molecular flexibility index (Phi) is 5.69.